The SMILES string of the molecule is CCN(C(=O)N1CSCC1C(=O)O)c1ccccc1. The summed E-state index contributed by atoms with van der Waals surface area (Å²) in [6.45, 7) is 2.39. The first-order valence-electron chi connectivity index (χ1n) is 6.09. The van der Waals surface area contributed by atoms with Crippen LogP contribution in [0.15, 0.2) is 30.3 Å². The van der Waals surface area contributed by atoms with E-state index in [-0.39, 0.29) is 6.03 Å². The molecule has 1 aliphatic heterocycles. The van der Waals surface area contributed by atoms with Crippen LogP contribution >= 0.6 is 11.8 Å². The highest BCUT2D eigenvalue weighted by molar-refractivity contribution is 7.99. The minimum absolute atomic E-state index is 0.244. The van der Waals surface area contributed by atoms with Crippen molar-refractivity contribution >= 4 is 29.4 Å². The van der Waals surface area contributed by atoms with E-state index < -0.39 is 12.0 Å². The van der Waals surface area contributed by atoms with E-state index in [9.17, 15) is 9.59 Å². The summed E-state index contributed by atoms with van der Waals surface area (Å²) in [4.78, 5) is 26.6. The third-order valence-electron chi connectivity index (χ3n) is 3.03. The minimum atomic E-state index is -0.942. The summed E-state index contributed by atoms with van der Waals surface area (Å²) in [6.07, 6.45) is 0. The van der Waals surface area contributed by atoms with Crippen LogP contribution in [0.3, 0.4) is 0 Å². The molecule has 2 rings (SSSR count). The minimum Gasteiger partial charge on any atom is -0.480 e. The second kappa shape index (κ2) is 5.97. The molecule has 1 aromatic rings. The quantitative estimate of drug-likeness (QED) is 0.921. The first kappa shape index (κ1) is 13.7. The molecule has 2 amide bonds. The molecule has 1 fully saturated rings. The molecule has 1 saturated heterocycles. The Bertz CT molecular complexity index is 466. The van der Waals surface area contributed by atoms with Crippen molar-refractivity contribution in [3.05, 3.63) is 30.3 Å². The highest BCUT2D eigenvalue weighted by Gasteiger charge is 2.36. The van der Waals surface area contributed by atoms with Gasteiger partial charge in [0.1, 0.15) is 6.04 Å². The van der Waals surface area contributed by atoms with Crippen molar-refractivity contribution in [2.24, 2.45) is 0 Å². The van der Waals surface area contributed by atoms with Gasteiger partial charge in [-0.15, -0.1) is 11.8 Å². The monoisotopic (exact) mass is 280 g/mol. The molecule has 0 aromatic heterocycles. The number of carboxylic acids is 1. The third kappa shape index (κ3) is 2.84. The first-order chi connectivity index (χ1) is 9.15. The number of para-hydroxylation sites is 1. The van der Waals surface area contributed by atoms with E-state index in [1.807, 2.05) is 37.3 Å². The molecule has 1 atom stereocenters. The number of urea groups is 1. The van der Waals surface area contributed by atoms with Gasteiger partial charge in [-0.2, -0.15) is 0 Å². The van der Waals surface area contributed by atoms with Crippen molar-refractivity contribution in [2.45, 2.75) is 13.0 Å². The molecule has 19 heavy (non-hydrogen) atoms. The van der Waals surface area contributed by atoms with Gasteiger partial charge in [0.2, 0.25) is 0 Å². The van der Waals surface area contributed by atoms with Crippen molar-refractivity contribution in [2.75, 3.05) is 23.1 Å². The Labute approximate surface area is 116 Å². The van der Waals surface area contributed by atoms with Gasteiger partial charge in [-0.3, -0.25) is 4.90 Å². The molecular weight excluding hydrogens is 264 g/mol. The maximum atomic E-state index is 12.5. The van der Waals surface area contributed by atoms with E-state index >= 15 is 0 Å². The zero-order chi connectivity index (χ0) is 13.8. The molecule has 0 aliphatic carbocycles. The molecule has 0 bridgehead atoms. The van der Waals surface area contributed by atoms with Gasteiger partial charge < -0.3 is 10.0 Å². The number of aliphatic carboxylic acids is 1. The van der Waals surface area contributed by atoms with E-state index in [0.717, 1.165) is 5.69 Å². The van der Waals surface area contributed by atoms with Gasteiger partial charge in [0.15, 0.2) is 0 Å². The number of anilines is 1. The highest BCUT2D eigenvalue weighted by atomic mass is 32.2. The summed E-state index contributed by atoms with van der Waals surface area (Å²) >= 11 is 1.47. The number of thioether (sulfide) groups is 1. The maximum absolute atomic E-state index is 12.5. The Morgan fingerprint density at radius 2 is 2.11 bits per heavy atom. The third-order valence-corrected chi connectivity index (χ3v) is 4.04. The van der Waals surface area contributed by atoms with Gasteiger partial charge in [0, 0.05) is 18.0 Å². The van der Waals surface area contributed by atoms with E-state index in [2.05, 4.69) is 0 Å². The second-order valence-electron chi connectivity index (χ2n) is 4.19. The van der Waals surface area contributed by atoms with Gasteiger partial charge in [-0.1, -0.05) is 18.2 Å². The van der Waals surface area contributed by atoms with Gasteiger partial charge in [0.25, 0.3) is 0 Å². The molecule has 0 radical (unpaired) electrons. The van der Waals surface area contributed by atoms with Crippen molar-refractivity contribution in [3.8, 4) is 0 Å². The number of carbonyl (C=O) groups is 2. The van der Waals surface area contributed by atoms with Gasteiger partial charge >= 0.3 is 12.0 Å². The summed E-state index contributed by atoms with van der Waals surface area (Å²) in [5, 5.41) is 9.13. The fraction of sp³-hybridized carbons (Fsp3) is 0.385. The number of hydrogen-bond acceptors (Lipinski definition) is 3. The molecule has 1 aromatic carbocycles. The van der Waals surface area contributed by atoms with Gasteiger partial charge in [0.05, 0.1) is 5.88 Å². The standard InChI is InChI=1S/C13H16N2O3S/c1-2-14(10-6-4-3-5-7-10)13(18)15-9-19-8-11(15)12(16)17/h3-7,11H,2,8-9H2,1H3,(H,16,17). The first-order valence-corrected chi connectivity index (χ1v) is 7.24. The number of carboxylic acid groups (broad SMARTS) is 1. The lowest BCUT2D eigenvalue weighted by Crippen LogP contribution is -2.48. The predicted octanol–water partition coefficient (Wildman–Crippen LogP) is 2.09. The van der Waals surface area contributed by atoms with Gasteiger partial charge in [-0.05, 0) is 19.1 Å². The molecule has 6 heteroatoms. The average molecular weight is 280 g/mol. The molecule has 5 nitrogen and oxygen atoms in total. The Morgan fingerprint density at radius 1 is 1.42 bits per heavy atom. The predicted molar refractivity (Wildman–Crippen MR) is 75.4 cm³/mol. The molecule has 1 N–H and O–H groups in total. The fourth-order valence-electron chi connectivity index (χ4n) is 2.03. The van der Waals surface area contributed by atoms with Crippen molar-refractivity contribution in [1.29, 1.82) is 0 Å². The average Bonchev–Trinajstić information content (AvgIpc) is 2.90. The molecule has 1 aliphatic rings. The number of amides is 2. The van der Waals surface area contributed by atoms with Gasteiger partial charge in [-0.25, -0.2) is 9.59 Å². The number of rotatable bonds is 3. The van der Waals surface area contributed by atoms with Crippen molar-refractivity contribution in [1.82, 2.24) is 4.90 Å². The van der Waals surface area contributed by atoms with Crippen LogP contribution < -0.4 is 4.90 Å². The summed E-state index contributed by atoms with van der Waals surface area (Å²) < 4.78 is 0. The smallest absolute Gasteiger partial charge is 0.327 e. The Balaban J connectivity index is 2.19. The van der Waals surface area contributed by atoms with E-state index in [1.165, 1.54) is 16.7 Å². The topological polar surface area (TPSA) is 60.9 Å². The van der Waals surface area contributed by atoms with Crippen LogP contribution in [0.2, 0.25) is 0 Å². The second-order valence-corrected chi connectivity index (χ2v) is 5.19. The Hall–Kier alpha value is -1.69. The summed E-state index contributed by atoms with van der Waals surface area (Å²) in [5.74, 6) is -0.0607. The normalized spacial score (nSPS) is 18.4. The number of nitrogens with zero attached hydrogens (tertiary/aromatic N) is 2. The van der Waals surface area contributed by atoms with Crippen LogP contribution in [0.4, 0.5) is 10.5 Å². The number of benzene rings is 1. The molecule has 1 heterocycles. The Morgan fingerprint density at radius 3 is 2.68 bits per heavy atom. The van der Waals surface area contributed by atoms with Crippen LogP contribution in [0.1, 0.15) is 6.92 Å². The lowest BCUT2D eigenvalue weighted by Gasteiger charge is -2.29. The number of carbonyl (C=O) groups excluding carboxylic acids is 1. The number of hydrogen-bond donors (Lipinski definition) is 1. The zero-order valence-corrected chi connectivity index (χ0v) is 11.5. The van der Waals surface area contributed by atoms with Crippen LogP contribution in [0.5, 0.6) is 0 Å². The molecule has 1 unspecified atom stereocenters. The van der Waals surface area contributed by atoms with Crippen LogP contribution in [0.25, 0.3) is 0 Å². The highest BCUT2D eigenvalue weighted by Crippen LogP contribution is 2.24. The summed E-state index contributed by atoms with van der Waals surface area (Å²) in [7, 11) is 0. The van der Waals surface area contributed by atoms with Crippen molar-refractivity contribution < 1.29 is 14.7 Å². The van der Waals surface area contributed by atoms with E-state index in [4.69, 9.17) is 5.11 Å². The van der Waals surface area contributed by atoms with Crippen molar-refractivity contribution in [3.63, 3.8) is 0 Å². The maximum Gasteiger partial charge on any atom is 0.327 e. The zero-order valence-electron chi connectivity index (χ0n) is 10.7. The molecule has 0 spiro atoms. The van der Waals surface area contributed by atoms with E-state index in [0.29, 0.717) is 18.2 Å². The molecule has 102 valence electrons. The fourth-order valence-corrected chi connectivity index (χ4v) is 3.17. The Kier molecular flexibility index (Phi) is 4.31. The van der Waals surface area contributed by atoms with E-state index in [1.54, 1.807) is 4.90 Å². The van der Waals surface area contributed by atoms with Crippen LogP contribution in [-0.2, 0) is 4.79 Å². The lowest BCUT2D eigenvalue weighted by atomic mass is 10.2. The van der Waals surface area contributed by atoms with Crippen LogP contribution in [-0.4, -0.2) is 46.2 Å². The summed E-state index contributed by atoms with van der Waals surface area (Å²) in [6, 6.07) is 8.33. The van der Waals surface area contributed by atoms with Crippen LogP contribution in [0, 0.1) is 0 Å². The molecule has 0 saturated carbocycles. The lowest BCUT2D eigenvalue weighted by molar-refractivity contribution is -0.140. The summed E-state index contributed by atoms with van der Waals surface area (Å²) in [5.41, 5.74) is 0.788. The largest absolute Gasteiger partial charge is 0.480 e. The molecular formula is C13H16N2O3S.